The van der Waals surface area contributed by atoms with Crippen LogP contribution in [0, 0.1) is 13.8 Å². The van der Waals surface area contributed by atoms with Crippen molar-refractivity contribution >= 4 is 28.2 Å². The first kappa shape index (κ1) is 20.1. The summed E-state index contributed by atoms with van der Waals surface area (Å²) < 4.78 is 10.5. The van der Waals surface area contributed by atoms with Crippen molar-refractivity contribution in [3.8, 4) is 0 Å². The van der Waals surface area contributed by atoms with Gasteiger partial charge in [0, 0.05) is 24.6 Å². The summed E-state index contributed by atoms with van der Waals surface area (Å²) in [6.07, 6.45) is 1.63. The highest BCUT2D eigenvalue weighted by atomic mass is 32.1. The maximum atomic E-state index is 12.7. The number of benzene rings is 1. The molecule has 3 aromatic rings. The summed E-state index contributed by atoms with van der Waals surface area (Å²) in [5.74, 6) is 0.778. The van der Waals surface area contributed by atoms with E-state index in [1.165, 1.54) is 0 Å². The van der Waals surface area contributed by atoms with E-state index in [1.54, 1.807) is 13.4 Å². The fourth-order valence-corrected chi connectivity index (χ4v) is 3.33. The van der Waals surface area contributed by atoms with Gasteiger partial charge in [-0.25, -0.2) is 0 Å². The molecule has 2 aromatic heterocycles. The van der Waals surface area contributed by atoms with Crippen LogP contribution in [-0.4, -0.2) is 35.3 Å². The van der Waals surface area contributed by atoms with E-state index in [0.29, 0.717) is 36.9 Å². The molecule has 0 spiro atoms. The fraction of sp³-hybridized carbons (Fsp3) is 0.333. The predicted molar refractivity (Wildman–Crippen MR) is 114 cm³/mol. The molecule has 0 saturated carbocycles. The Labute approximate surface area is 169 Å². The number of nitrogens with zero attached hydrogens (tertiary/aromatic N) is 1. The summed E-state index contributed by atoms with van der Waals surface area (Å²) in [4.78, 5) is 17.7. The van der Waals surface area contributed by atoms with Crippen molar-refractivity contribution in [3.05, 3.63) is 69.4 Å². The first-order valence-corrected chi connectivity index (χ1v) is 9.56. The summed E-state index contributed by atoms with van der Waals surface area (Å²) in [5.41, 5.74) is 3.60. The Morgan fingerprint density at radius 2 is 2.04 bits per heavy atom. The van der Waals surface area contributed by atoms with Gasteiger partial charge in [-0.15, -0.1) is 0 Å². The van der Waals surface area contributed by atoms with Gasteiger partial charge in [-0.05, 0) is 55.4 Å². The molecule has 0 saturated heterocycles. The fourth-order valence-electron chi connectivity index (χ4n) is 3.10. The summed E-state index contributed by atoms with van der Waals surface area (Å²) in [7, 11) is 1.64. The van der Waals surface area contributed by atoms with Gasteiger partial charge in [-0.2, -0.15) is 0 Å². The van der Waals surface area contributed by atoms with Gasteiger partial charge in [-0.1, -0.05) is 12.1 Å². The highest BCUT2D eigenvalue weighted by molar-refractivity contribution is 7.80. The van der Waals surface area contributed by atoms with Crippen molar-refractivity contribution < 1.29 is 9.15 Å². The van der Waals surface area contributed by atoms with Gasteiger partial charge in [0.15, 0.2) is 5.11 Å². The Hall–Kier alpha value is -2.64. The van der Waals surface area contributed by atoms with Crippen LogP contribution in [0.15, 0.2) is 45.8 Å². The Bertz CT molecular complexity index is 1010. The highest BCUT2D eigenvalue weighted by Gasteiger charge is 2.16. The zero-order valence-corrected chi connectivity index (χ0v) is 17.2. The third kappa shape index (κ3) is 4.61. The second-order valence-corrected chi connectivity index (χ2v) is 7.16. The molecule has 7 heteroatoms. The van der Waals surface area contributed by atoms with Crippen molar-refractivity contribution in [1.82, 2.24) is 15.2 Å². The molecule has 6 nitrogen and oxygen atoms in total. The van der Waals surface area contributed by atoms with Crippen LogP contribution in [0.1, 0.15) is 22.5 Å². The number of rotatable bonds is 7. The van der Waals surface area contributed by atoms with Gasteiger partial charge in [0.25, 0.3) is 5.56 Å². The van der Waals surface area contributed by atoms with Crippen LogP contribution in [-0.2, 0) is 17.8 Å². The van der Waals surface area contributed by atoms with E-state index < -0.39 is 0 Å². The number of aromatic nitrogens is 1. The third-order valence-electron chi connectivity index (χ3n) is 4.68. The minimum Gasteiger partial charge on any atom is -0.467 e. The summed E-state index contributed by atoms with van der Waals surface area (Å²) in [6.45, 7) is 6.02. The van der Waals surface area contributed by atoms with Crippen LogP contribution in [0.5, 0.6) is 0 Å². The highest BCUT2D eigenvalue weighted by Crippen LogP contribution is 2.20. The molecule has 0 aliphatic rings. The molecular weight excluding hydrogens is 374 g/mol. The number of furan rings is 1. The van der Waals surface area contributed by atoms with Crippen LogP contribution in [0.2, 0.25) is 0 Å². The van der Waals surface area contributed by atoms with Crippen molar-refractivity contribution in [2.24, 2.45) is 0 Å². The van der Waals surface area contributed by atoms with Crippen molar-refractivity contribution in [2.45, 2.75) is 26.9 Å². The lowest BCUT2D eigenvalue weighted by atomic mass is 10.0. The number of methoxy groups -OCH3 is 1. The molecule has 28 heavy (non-hydrogen) atoms. The molecule has 0 atom stereocenters. The number of pyridine rings is 1. The standard InChI is InChI=1S/C21H25N3O3S/c1-14-6-7-15(2)19-18(14)11-16(20(25)23-19)12-24(13-17-5-4-9-27-17)21(28)22-8-10-26-3/h4-7,9,11H,8,10,12-13H2,1-3H3,(H,22,28)(H,23,25). The van der Waals surface area contributed by atoms with Crippen molar-refractivity contribution in [3.63, 3.8) is 0 Å². The number of H-pyrrole nitrogens is 1. The molecule has 0 unspecified atom stereocenters. The molecular formula is C21H25N3O3S. The molecule has 0 aliphatic carbocycles. The zero-order valence-electron chi connectivity index (χ0n) is 16.4. The Morgan fingerprint density at radius 1 is 1.25 bits per heavy atom. The summed E-state index contributed by atoms with van der Waals surface area (Å²) in [6, 6.07) is 9.78. The van der Waals surface area contributed by atoms with E-state index in [2.05, 4.69) is 16.4 Å². The van der Waals surface area contributed by atoms with Crippen molar-refractivity contribution in [1.29, 1.82) is 0 Å². The van der Waals surface area contributed by atoms with E-state index in [9.17, 15) is 4.79 Å². The lowest BCUT2D eigenvalue weighted by Crippen LogP contribution is -2.41. The molecule has 0 aliphatic heterocycles. The largest absolute Gasteiger partial charge is 0.467 e. The summed E-state index contributed by atoms with van der Waals surface area (Å²) >= 11 is 5.55. The predicted octanol–water partition coefficient (Wildman–Crippen LogP) is 3.26. The molecule has 0 radical (unpaired) electrons. The number of hydrogen-bond donors (Lipinski definition) is 2. The van der Waals surface area contributed by atoms with E-state index in [0.717, 1.165) is 27.8 Å². The lowest BCUT2D eigenvalue weighted by molar-refractivity contribution is 0.202. The number of nitrogens with one attached hydrogen (secondary N) is 2. The number of aryl methyl sites for hydroxylation is 2. The molecule has 1 aromatic carbocycles. The molecule has 0 fully saturated rings. The second-order valence-electron chi connectivity index (χ2n) is 6.77. The number of hydrogen-bond acceptors (Lipinski definition) is 4. The number of fused-ring (bicyclic) bond motifs is 1. The van der Waals surface area contributed by atoms with E-state index >= 15 is 0 Å². The number of thiocarbonyl (C=S) groups is 1. The van der Waals surface area contributed by atoms with Gasteiger partial charge in [0.1, 0.15) is 5.76 Å². The number of aromatic amines is 1. The van der Waals surface area contributed by atoms with E-state index in [4.69, 9.17) is 21.4 Å². The first-order valence-electron chi connectivity index (χ1n) is 9.16. The maximum absolute atomic E-state index is 12.7. The molecule has 0 amide bonds. The monoisotopic (exact) mass is 399 g/mol. The van der Waals surface area contributed by atoms with Crippen LogP contribution >= 0.6 is 12.2 Å². The van der Waals surface area contributed by atoms with Crippen LogP contribution in [0.3, 0.4) is 0 Å². The smallest absolute Gasteiger partial charge is 0.253 e. The average molecular weight is 400 g/mol. The first-order chi connectivity index (χ1) is 13.5. The molecule has 3 rings (SSSR count). The molecule has 148 valence electrons. The molecule has 0 bridgehead atoms. The van der Waals surface area contributed by atoms with Gasteiger partial charge >= 0.3 is 0 Å². The topological polar surface area (TPSA) is 70.5 Å². The number of ether oxygens (including phenoxy) is 1. The van der Waals surface area contributed by atoms with E-state index in [1.807, 2.05) is 43.0 Å². The second kappa shape index (κ2) is 9.03. The van der Waals surface area contributed by atoms with Gasteiger partial charge in [0.05, 0.1) is 31.5 Å². The van der Waals surface area contributed by atoms with Gasteiger partial charge < -0.3 is 24.4 Å². The normalized spacial score (nSPS) is 11.0. The third-order valence-corrected chi connectivity index (χ3v) is 5.08. The van der Waals surface area contributed by atoms with Crippen molar-refractivity contribution in [2.75, 3.05) is 20.3 Å². The molecule has 2 N–H and O–H groups in total. The quantitative estimate of drug-likeness (QED) is 0.469. The minimum absolute atomic E-state index is 0.106. The zero-order chi connectivity index (χ0) is 20.1. The Morgan fingerprint density at radius 3 is 2.75 bits per heavy atom. The van der Waals surface area contributed by atoms with E-state index in [-0.39, 0.29) is 5.56 Å². The van der Waals surface area contributed by atoms with Crippen LogP contribution < -0.4 is 10.9 Å². The van der Waals surface area contributed by atoms with Crippen LogP contribution in [0.25, 0.3) is 10.9 Å². The minimum atomic E-state index is -0.106. The lowest BCUT2D eigenvalue weighted by Gasteiger charge is -2.25. The molecule has 2 heterocycles. The Kier molecular flexibility index (Phi) is 6.49. The summed E-state index contributed by atoms with van der Waals surface area (Å²) in [5, 5.41) is 4.77. The van der Waals surface area contributed by atoms with Gasteiger partial charge in [-0.3, -0.25) is 4.79 Å². The Balaban J connectivity index is 1.90. The average Bonchev–Trinajstić information content (AvgIpc) is 3.18. The maximum Gasteiger partial charge on any atom is 0.253 e. The SMILES string of the molecule is COCCNC(=S)N(Cc1ccco1)Cc1cc2c(C)ccc(C)c2[nH]c1=O. The van der Waals surface area contributed by atoms with Gasteiger partial charge in [0.2, 0.25) is 0 Å². The van der Waals surface area contributed by atoms with Crippen LogP contribution in [0.4, 0.5) is 0 Å².